The first-order valence-electron chi connectivity index (χ1n) is 10.8. The predicted octanol–water partition coefficient (Wildman–Crippen LogP) is 3.24. The van der Waals surface area contributed by atoms with Gasteiger partial charge in [0.15, 0.2) is 5.69 Å². The lowest BCUT2D eigenvalue weighted by Crippen LogP contribution is -2.38. The maximum Gasteiger partial charge on any atom is 0.272 e. The minimum absolute atomic E-state index is 0.139. The minimum atomic E-state index is -0.139. The second-order valence-corrected chi connectivity index (χ2v) is 7.90. The number of allylic oxidation sites excluding steroid dienone is 1. The van der Waals surface area contributed by atoms with Gasteiger partial charge in [-0.25, -0.2) is 0 Å². The number of para-hydroxylation sites is 1. The van der Waals surface area contributed by atoms with E-state index >= 15 is 0 Å². The number of hydrogen-bond acceptors (Lipinski definition) is 5. The number of hydrogen-bond donors (Lipinski definition) is 1. The summed E-state index contributed by atoms with van der Waals surface area (Å²) in [7, 11) is 0. The number of benzene rings is 1. The zero-order valence-electron chi connectivity index (χ0n) is 18.7. The van der Waals surface area contributed by atoms with Crippen LogP contribution < -0.4 is 10.1 Å². The van der Waals surface area contributed by atoms with Crippen molar-refractivity contribution in [2.45, 2.75) is 40.7 Å². The van der Waals surface area contributed by atoms with Crippen molar-refractivity contribution < 1.29 is 14.3 Å². The molecule has 1 aromatic heterocycles. The summed E-state index contributed by atoms with van der Waals surface area (Å²) < 4.78 is 13.2. The zero-order valence-corrected chi connectivity index (χ0v) is 18.7. The fourth-order valence-corrected chi connectivity index (χ4v) is 3.56. The zero-order chi connectivity index (χ0) is 21.5. The maximum absolute atomic E-state index is 12.9. The van der Waals surface area contributed by atoms with Crippen molar-refractivity contribution in [1.29, 1.82) is 0 Å². The maximum atomic E-state index is 12.9. The summed E-state index contributed by atoms with van der Waals surface area (Å²) >= 11 is 0. The van der Waals surface area contributed by atoms with Gasteiger partial charge >= 0.3 is 0 Å². The van der Waals surface area contributed by atoms with Crippen LogP contribution in [0.1, 0.15) is 44.6 Å². The number of amides is 1. The molecule has 1 aliphatic rings. The molecule has 0 aliphatic carbocycles. The molecule has 2 aromatic rings. The molecular weight excluding hydrogens is 380 g/mol. The Morgan fingerprint density at radius 1 is 1.20 bits per heavy atom. The fraction of sp³-hybridized carbons (Fsp3) is 0.565. The summed E-state index contributed by atoms with van der Waals surface area (Å²) in [6.07, 6.45) is 0.841. The van der Waals surface area contributed by atoms with Gasteiger partial charge in [0.25, 0.3) is 5.91 Å². The molecule has 0 bridgehead atoms. The Morgan fingerprint density at radius 2 is 1.97 bits per heavy atom. The van der Waals surface area contributed by atoms with Crippen molar-refractivity contribution in [1.82, 2.24) is 20.0 Å². The molecule has 0 unspecified atom stereocenters. The van der Waals surface area contributed by atoms with E-state index in [0.29, 0.717) is 25.4 Å². The van der Waals surface area contributed by atoms with Crippen LogP contribution in [0, 0.1) is 0 Å². The number of nitrogens with zero attached hydrogens (tertiary/aromatic N) is 3. The Morgan fingerprint density at radius 3 is 2.67 bits per heavy atom. The van der Waals surface area contributed by atoms with E-state index in [1.54, 1.807) is 0 Å². The summed E-state index contributed by atoms with van der Waals surface area (Å²) in [6, 6.07) is 5.82. The molecule has 1 aromatic carbocycles. The highest BCUT2D eigenvalue weighted by Gasteiger charge is 2.20. The second-order valence-electron chi connectivity index (χ2n) is 7.90. The quantitative estimate of drug-likeness (QED) is 0.638. The summed E-state index contributed by atoms with van der Waals surface area (Å²) in [6.45, 7) is 14.4. The molecule has 1 saturated heterocycles. The standard InChI is InChI=1S/C23H34N4O3/c1-5-30-20-8-6-7-19-21(23(28)24-10-9-18(4)17(2)3)25-27(22(19)20)12-11-26-13-15-29-16-14-26/h6-8H,5,9-16H2,1-4H3,(H,24,28). The van der Waals surface area contributed by atoms with Crippen molar-refractivity contribution in [2.75, 3.05) is 46.0 Å². The normalized spacial score (nSPS) is 14.7. The van der Waals surface area contributed by atoms with Crippen LogP contribution in [-0.4, -0.2) is 66.6 Å². The van der Waals surface area contributed by atoms with Gasteiger partial charge in [0.1, 0.15) is 11.3 Å². The van der Waals surface area contributed by atoms with Crippen molar-refractivity contribution >= 4 is 16.8 Å². The van der Waals surface area contributed by atoms with Gasteiger partial charge in [0, 0.05) is 31.6 Å². The first-order chi connectivity index (χ1) is 14.5. The largest absolute Gasteiger partial charge is 0.492 e. The number of fused-ring (bicyclic) bond motifs is 1. The second kappa shape index (κ2) is 10.6. The Hall–Kier alpha value is -2.38. The monoisotopic (exact) mass is 414 g/mol. The molecule has 0 atom stereocenters. The van der Waals surface area contributed by atoms with Gasteiger partial charge < -0.3 is 14.8 Å². The summed E-state index contributed by atoms with van der Waals surface area (Å²) in [4.78, 5) is 15.3. The molecule has 7 nitrogen and oxygen atoms in total. The molecule has 0 radical (unpaired) electrons. The highest BCUT2D eigenvalue weighted by Crippen LogP contribution is 2.28. The molecule has 7 heteroatoms. The van der Waals surface area contributed by atoms with Gasteiger partial charge in [0.2, 0.25) is 0 Å². The van der Waals surface area contributed by atoms with E-state index in [-0.39, 0.29) is 5.91 Å². The van der Waals surface area contributed by atoms with Gasteiger partial charge in [-0.3, -0.25) is 14.4 Å². The molecule has 1 N–H and O–H groups in total. The molecule has 0 spiro atoms. The number of carbonyl (C=O) groups excluding carboxylic acids is 1. The van der Waals surface area contributed by atoms with Gasteiger partial charge in [-0.05, 0) is 40.2 Å². The molecule has 30 heavy (non-hydrogen) atoms. The Bertz CT molecular complexity index is 893. The van der Waals surface area contributed by atoms with E-state index in [0.717, 1.165) is 55.9 Å². The molecule has 1 amide bonds. The third-order valence-corrected chi connectivity index (χ3v) is 5.62. The van der Waals surface area contributed by atoms with Gasteiger partial charge in [-0.1, -0.05) is 23.3 Å². The molecule has 2 heterocycles. The van der Waals surface area contributed by atoms with Crippen LogP contribution in [0.5, 0.6) is 5.75 Å². The van der Waals surface area contributed by atoms with Crippen LogP contribution in [0.3, 0.4) is 0 Å². The highest BCUT2D eigenvalue weighted by atomic mass is 16.5. The molecule has 0 saturated carbocycles. The van der Waals surface area contributed by atoms with Crippen molar-refractivity contribution in [3.8, 4) is 5.75 Å². The van der Waals surface area contributed by atoms with Crippen molar-refractivity contribution in [2.24, 2.45) is 0 Å². The molecule has 3 rings (SSSR count). The van der Waals surface area contributed by atoms with E-state index in [1.807, 2.05) is 29.8 Å². The lowest BCUT2D eigenvalue weighted by atomic mass is 10.1. The van der Waals surface area contributed by atoms with Crippen molar-refractivity contribution in [3.63, 3.8) is 0 Å². The fourth-order valence-electron chi connectivity index (χ4n) is 3.56. The third-order valence-electron chi connectivity index (χ3n) is 5.62. The average Bonchev–Trinajstić information content (AvgIpc) is 3.13. The molecular formula is C23H34N4O3. The van der Waals surface area contributed by atoms with Crippen LogP contribution in [-0.2, 0) is 11.3 Å². The van der Waals surface area contributed by atoms with Gasteiger partial charge in [-0.2, -0.15) is 5.10 Å². The van der Waals surface area contributed by atoms with Crippen LogP contribution in [0.4, 0.5) is 0 Å². The first kappa shape index (κ1) is 22.3. The third kappa shape index (κ3) is 5.40. The highest BCUT2D eigenvalue weighted by molar-refractivity contribution is 6.06. The van der Waals surface area contributed by atoms with Crippen LogP contribution in [0.2, 0.25) is 0 Å². The topological polar surface area (TPSA) is 68.6 Å². The number of carbonyl (C=O) groups is 1. The summed E-state index contributed by atoms with van der Waals surface area (Å²) in [5.41, 5.74) is 3.94. The predicted molar refractivity (Wildman–Crippen MR) is 119 cm³/mol. The van der Waals surface area contributed by atoms with Gasteiger partial charge in [0.05, 0.1) is 26.4 Å². The average molecular weight is 415 g/mol. The Labute approximate surface area is 179 Å². The smallest absolute Gasteiger partial charge is 0.272 e. The summed E-state index contributed by atoms with van der Waals surface area (Å²) in [5.74, 6) is 0.629. The SMILES string of the molecule is CCOc1cccc2c(C(=O)NCCC(C)=C(C)C)nn(CCN3CCOCC3)c12. The lowest BCUT2D eigenvalue weighted by molar-refractivity contribution is 0.0361. The van der Waals surface area contributed by atoms with Gasteiger partial charge in [-0.15, -0.1) is 0 Å². The number of ether oxygens (including phenoxy) is 2. The van der Waals surface area contributed by atoms with Crippen molar-refractivity contribution in [3.05, 3.63) is 35.0 Å². The molecule has 1 aliphatic heterocycles. The van der Waals surface area contributed by atoms with Crippen LogP contribution in [0.25, 0.3) is 10.9 Å². The van der Waals surface area contributed by atoms with E-state index in [2.05, 4.69) is 31.0 Å². The number of rotatable bonds is 9. The minimum Gasteiger partial charge on any atom is -0.492 e. The van der Waals surface area contributed by atoms with Crippen LogP contribution >= 0.6 is 0 Å². The number of aromatic nitrogens is 2. The molecule has 1 fully saturated rings. The van der Waals surface area contributed by atoms with E-state index < -0.39 is 0 Å². The van der Waals surface area contributed by atoms with E-state index in [4.69, 9.17) is 14.6 Å². The van der Waals surface area contributed by atoms with Crippen LogP contribution in [0.15, 0.2) is 29.3 Å². The first-order valence-corrected chi connectivity index (χ1v) is 10.8. The summed E-state index contributed by atoms with van der Waals surface area (Å²) in [5, 5.41) is 8.57. The Balaban J connectivity index is 1.82. The lowest BCUT2D eigenvalue weighted by Gasteiger charge is -2.26. The molecule has 164 valence electrons. The number of nitrogens with one attached hydrogen (secondary N) is 1. The van der Waals surface area contributed by atoms with E-state index in [9.17, 15) is 4.79 Å². The number of morpholine rings is 1. The van der Waals surface area contributed by atoms with E-state index in [1.165, 1.54) is 11.1 Å². The Kier molecular flexibility index (Phi) is 7.87.